The molecule has 0 saturated heterocycles. The summed E-state index contributed by atoms with van der Waals surface area (Å²) in [6, 6.07) is 4.99. The third-order valence-electron chi connectivity index (χ3n) is 1.65. The maximum absolute atomic E-state index is 13.1. The molecule has 0 aliphatic carbocycles. The normalized spacial score (nSPS) is 10.1. The van der Waals surface area contributed by atoms with Crippen LogP contribution in [0.15, 0.2) is 18.2 Å². The first-order chi connectivity index (χ1) is 6.24. The third kappa shape index (κ3) is 3.50. The van der Waals surface area contributed by atoms with E-state index in [0.717, 1.165) is 16.4 Å². The first-order valence-corrected chi connectivity index (χ1v) is 5.39. The molecule has 0 heterocycles. The minimum atomic E-state index is -0.275. The van der Waals surface area contributed by atoms with Gasteiger partial charge in [0, 0.05) is 3.57 Å². The van der Waals surface area contributed by atoms with Gasteiger partial charge in [-0.1, -0.05) is 13.3 Å². The molecule has 1 rings (SSSR count). The van der Waals surface area contributed by atoms with Gasteiger partial charge < -0.3 is 4.74 Å². The second kappa shape index (κ2) is 5.42. The molecule has 0 fully saturated rings. The number of benzene rings is 1. The Hall–Kier alpha value is -0.320. The highest BCUT2D eigenvalue weighted by Crippen LogP contribution is 2.19. The molecule has 0 aliphatic heterocycles. The molecule has 1 nitrogen and oxygen atoms in total. The van der Waals surface area contributed by atoms with Gasteiger partial charge in [-0.3, -0.25) is 0 Å². The quantitative estimate of drug-likeness (QED) is 0.609. The van der Waals surface area contributed by atoms with Gasteiger partial charge in [-0.05, 0) is 47.2 Å². The Morgan fingerprint density at radius 2 is 2.23 bits per heavy atom. The summed E-state index contributed by atoms with van der Waals surface area (Å²) in [5.74, 6) is 0.0804. The Morgan fingerprint density at radius 1 is 1.46 bits per heavy atom. The summed E-state index contributed by atoms with van der Waals surface area (Å²) in [6.07, 6.45) is 2.03. The van der Waals surface area contributed by atoms with Crippen molar-refractivity contribution in [3.63, 3.8) is 0 Å². The minimum absolute atomic E-state index is 0.275. The topological polar surface area (TPSA) is 9.23 Å². The van der Waals surface area contributed by atoms with E-state index in [2.05, 4.69) is 29.5 Å². The Morgan fingerprint density at radius 3 is 2.85 bits per heavy atom. The lowest BCUT2D eigenvalue weighted by molar-refractivity contribution is 0.294. The fourth-order valence-electron chi connectivity index (χ4n) is 0.919. The lowest BCUT2D eigenvalue weighted by atomic mass is 10.3. The van der Waals surface area contributed by atoms with Crippen molar-refractivity contribution in [2.75, 3.05) is 6.61 Å². The first kappa shape index (κ1) is 10.8. The van der Waals surface area contributed by atoms with Crippen LogP contribution in [-0.4, -0.2) is 6.61 Å². The van der Waals surface area contributed by atoms with E-state index >= 15 is 0 Å². The molecule has 13 heavy (non-hydrogen) atoms. The zero-order valence-electron chi connectivity index (χ0n) is 7.52. The highest BCUT2D eigenvalue weighted by atomic mass is 127. The van der Waals surface area contributed by atoms with Crippen LogP contribution in [-0.2, 0) is 0 Å². The molecule has 0 atom stereocenters. The predicted molar refractivity (Wildman–Crippen MR) is 59.5 cm³/mol. The van der Waals surface area contributed by atoms with E-state index < -0.39 is 0 Å². The summed E-state index contributed by atoms with van der Waals surface area (Å²) in [5.41, 5.74) is 0. The molecule has 0 spiro atoms. The van der Waals surface area contributed by atoms with Crippen LogP contribution in [0.2, 0.25) is 0 Å². The smallest absolute Gasteiger partial charge is 0.166 e. The molecule has 0 N–H and O–H groups in total. The molecule has 1 aromatic carbocycles. The third-order valence-corrected chi connectivity index (χ3v) is 2.32. The summed E-state index contributed by atoms with van der Waals surface area (Å²) in [7, 11) is 0. The van der Waals surface area contributed by atoms with Gasteiger partial charge in [0.05, 0.1) is 6.61 Å². The van der Waals surface area contributed by atoms with Gasteiger partial charge in [-0.2, -0.15) is 0 Å². The number of hydrogen-bond donors (Lipinski definition) is 0. The maximum atomic E-state index is 13.1. The van der Waals surface area contributed by atoms with Crippen LogP contribution in [0.1, 0.15) is 19.8 Å². The molecule has 0 bridgehead atoms. The lowest BCUT2D eigenvalue weighted by Gasteiger charge is -2.05. The fraction of sp³-hybridized carbons (Fsp3) is 0.400. The molecule has 0 aliphatic rings. The first-order valence-electron chi connectivity index (χ1n) is 4.32. The molecular formula is C10H12FIO. The van der Waals surface area contributed by atoms with Crippen molar-refractivity contribution in [3.8, 4) is 5.75 Å². The minimum Gasteiger partial charge on any atom is -0.491 e. The van der Waals surface area contributed by atoms with E-state index in [1.807, 2.05) is 6.07 Å². The Kier molecular flexibility index (Phi) is 4.48. The van der Waals surface area contributed by atoms with E-state index in [4.69, 9.17) is 4.74 Å². The summed E-state index contributed by atoms with van der Waals surface area (Å²) >= 11 is 2.07. The molecular weight excluding hydrogens is 282 g/mol. The van der Waals surface area contributed by atoms with Crippen molar-refractivity contribution in [3.05, 3.63) is 27.6 Å². The average Bonchev–Trinajstić information content (AvgIpc) is 2.09. The Balaban J connectivity index is 2.56. The SMILES string of the molecule is CCCCOc1ccc(I)cc1F. The van der Waals surface area contributed by atoms with E-state index in [1.54, 1.807) is 6.07 Å². The van der Waals surface area contributed by atoms with Crippen LogP contribution >= 0.6 is 22.6 Å². The van der Waals surface area contributed by atoms with E-state index in [0.29, 0.717) is 12.4 Å². The van der Waals surface area contributed by atoms with Crippen LogP contribution in [0.5, 0.6) is 5.75 Å². The van der Waals surface area contributed by atoms with Crippen LogP contribution in [0.3, 0.4) is 0 Å². The van der Waals surface area contributed by atoms with Crippen molar-refractivity contribution >= 4 is 22.6 Å². The van der Waals surface area contributed by atoms with Gasteiger partial charge in [0.2, 0.25) is 0 Å². The van der Waals surface area contributed by atoms with Crippen molar-refractivity contribution < 1.29 is 9.13 Å². The van der Waals surface area contributed by atoms with Crippen molar-refractivity contribution in [2.24, 2.45) is 0 Å². The molecule has 72 valence electrons. The second-order valence-electron chi connectivity index (χ2n) is 2.78. The van der Waals surface area contributed by atoms with Gasteiger partial charge in [0.25, 0.3) is 0 Å². The number of ether oxygens (including phenoxy) is 1. The van der Waals surface area contributed by atoms with Gasteiger partial charge >= 0.3 is 0 Å². The molecule has 0 saturated carbocycles. The predicted octanol–water partition coefficient (Wildman–Crippen LogP) is 3.61. The average molecular weight is 294 g/mol. The highest BCUT2D eigenvalue weighted by molar-refractivity contribution is 14.1. The van der Waals surface area contributed by atoms with Crippen LogP contribution in [0.25, 0.3) is 0 Å². The zero-order valence-corrected chi connectivity index (χ0v) is 9.68. The largest absolute Gasteiger partial charge is 0.491 e. The van der Waals surface area contributed by atoms with Crippen LogP contribution in [0.4, 0.5) is 4.39 Å². The summed E-state index contributed by atoms with van der Waals surface area (Å²) in [5, 5.41) is 0. The van der Waals surface area contributed by atoms with E-state index in [-0.39, 0.29) is 5.82 Å². The van der Waals surface area contributed by atoms with Gasteiger partial charge in [-0.25, -0.2) is 4.39 Å². The Labute approximate surface area is 91.4 Å². The zero-order chi connectivity index (χ0) is 9.68. The number of rotatable bonds is 4. The summed E-state index contributed by atoms with van der Waals surface area (Å²) in [4.78, 5) is 0. The Bertz CT molecular complexity index is 276. The molecule has 0 amide bonds. The number of halogens is 2. The lowest BCUT2D eigenvalue weighted by Crippen LogP contribution is -1.98. The van der Waals surface area contributed by atoms with Gasteiger partial charge in [-0.15, -0.1) is 0 Å². The van der Waals surface area contributed by atoms with Crippen molar-refractivity contribution in [2.45, 2.75) is 19.8 Å². The van der Waals surface area contributed by atoms with E-state index in [1.165, 1.54) is 6.07 Å². The van der Waals surface area contributed by atoms with Crippen molar-refractivity contribution in [1.82, 2.24) is 0 Å². The molecule has 3 heteroatoms. The van der Waals surface area contributed by atoms with Gasteiger partial charge in [0.1, 0.15) is 0 Å². The van der Waals surface area contributed by atoms with Crippen LogP contribution < -0.4 is 4.74 Å². The number of hydrogen-bond acceptors (Lipinski definition) is 1. The summed E-state index contributed by atoms with van der Waals surface area (Å²) < 4.78 is 19.3. The van der Waals surface area contributed by atoms with Gasteiger partial charge in [0.15, 0.2) is 11.6 Å². The molecule has 0 radical (unpaired) electrons. The van der Waals surface area contributed by atoms with E-state index in [9.17, 15) is 4.39 Å². The second-order valence-corrected chi connectivity index (χ2v) is 4.02. The van der Waals surface area contributed by atoms with Crippen LogP contribution in [0, 0.1) is 9.39 Å². The molecule has 0 aromatic heterocycles. The standard InChI is InChI=1S/C10H12FIO/c1-2-3-6-13-10-5-4-8(12)7-9(10)11/h4-5,7H,2-3,6H2,1H3. The molecule has 0 unspecified atom stereocenters. The van der Waals surface area contributed by atoms with Crippen molar-refractivity contribution in [1.29, 1.82) is 0 Å². The molecule has 1 aromatic rings. The number of unbranched alkanes of at least 4 members (excludes halogenated alkanes) is 1. The fourth-order valence-corrected chi connectivity index (χ4v) is 1.37. The monoisotopic (exact) mass is 294 g/mol. The maximum Gasteiger partial charge on any atom is 0.166 e. The summed E-state index contributed by atoms with van der Waals surface area (Å²) in [6.45, 7) is 2.67. The highest BCUT2D eigenvalue weighted by Gasteiger charge is 2.02.